The van der Waals surface area contributed by atoms with Crippen molar-refractivity contribution >= 4 is 27.3 Å². The minimum atomic E-state index is -0.644. The Morgan fingerprint density at radius 3 is 2.70 bits per heavy atom. The number of aryl methyl sites for hydroxylation is 1. The third kappa shape index (κ3) is 8.54. The van der Waals surface area contributed by atoms with Gasteiger partial charge in [0.05, 0.1) is 34.8 Å². The van der Waals surface area contributed by atoms with Gasteiger partial charge in [-0.05, 0) is 72.5 Å². The van der Waals surface area contributed by atoms with Gasteiger partial charge in [0.1, 0.15) is 0 Å². The number of aliphatic hydroxyl groups excluding tert-OH is 4. The summed E-state index contributed by atoms with van der Waals surface area (Å²) in [7, 11) is 1.70. The first-order valence-corrected chi connectivity index (χ1v) is 12.3. The average molecular weight is 503 g/mol. The molecule has 170 valence electrons. The standard InChI is InChI=1S/C23H35BrO5S/c1-29-17(8-10-18-11-13-23(24)30-18)9-12-20-19(21(27)14-22(20)28)7-5-3-2-4-6-16(26)15-25/h3,5,9,11-13,16-17,19-22,25-28H,2,4,6-8,10,14-15H2,1H3/b5-3+,12-9+. The lowest BCUT2D eigenvalue weighted by Crippen LogP contribution is -2.20. The highest BCUT2D eigenvalue weighted by molar-refractivity contribution is 9.11. The fraction of sp³-hybridized carbons (Fsp3) is 0.652. The van der Waals surface area contributed by atoms with Crippen molar-refractivity contribution in [3.8, 4) is 0 Å². The molecule has 30 heavy (non-hydrogen) atoms. The predicted molar refractivity (Wildman–Crippen MR) is 125 cm³/mol. The highest BCUT2D eigenvalue weighted by atomic mass is 79.9. The number of methoxy groups -OCH3 is 1. The fourth-order valence-electron chi connectivity index (χ4n) is 3.96. The molecule has 5 nitrogen and oxygen atoms in total. The van der Waals surface area contributed by atoms with E-state index in [1.54, 1.807) is 18.4 Å². The van der Waals surface area contributed by atoms with Crippen molar-refractivity contribution in [2.75, 3.05) is 13.7 Å². The van der Waals surface area contributed by atoms with Gasteiger partial charge in [-0.2, -0.15) is 0 Å². The molecule has 1 heterocycles. The van der Waals surface area contributed by atoms with Crippen LogP contribution in [0.5, 0.6) is 0 Å². The van der Waals surface area contributed by atoms with E-state index < -0.39 is 18.3 Å². The van der Waals surface area contributed by atoms with Crippen LogP contribution < -0.4 is 0 Å². The summed E-state index contributed by atoms with van der Waals surface area (Å²) in [4.78, 5) is 1.31. The number of hydrogen-bond donors (Lipinski definition) is 4. The highest BCUT2D eigenvalue weighted by Gasteiger charge is 2.39. The van der Waals surface area contributed by atoms with Crippen LogP contribution in [-0.4, -0.2) is 58.6 Å². The molecule has 0 saturated heterocycles. The molecule has 6 atom stereocenters. The summed E-state index contributed by atoms with van der Waals surface area (Å²) in [6.07, 6.45) is 11.6. The van der Waals surface area contributed by atoms with E-state index in [-0.39, 0.29) is 24.5 Å². The average Bonchev–Trinajstić information content (AvgIpc) is 3.26. The second-order valence-corrected chi connectivity index (χ2v) is 10.5. The Kier molecular flexibility index (Phi) is 11.8. The van der Waals surface area contributed by atoms with Gasteiger partial charge in [-0.3, -0.25) is 0 Å². The first kappa shape index (κ1) is 25.7. The molecule has 0 aromatic carbocycles. The maximum Gasteiger partial charge on any atom is 0.0771 e. The molecule has 0 aliphatic heterocycles. The van der Waals surface area contributed by atoms with Crippen LogP contribution >= 0.6 is 27.3 Å². The Bertz CT molecular complexity index is 662. The van der Waals surface area contributed by atoms with E-state index in [1.165, 1.54) is 4.88 Å². The lowest BCUT2D eigenvalue weighted by molar-refractivity contribution is 0.0868. The second-order valence-electron chi connectivity index (χ2n) is 7.99. The zero-order valence-corrected chi connectivity index (χ0v) is 20.0. The van der Waals surface area contributed by atoms with E-state index in [0.717, 1.165) is 29.5 Å². The van der Waals surface area contributed by atoms with Gasteiger partial charge < -0.3 is 25.2 Å². The first-order chi connectivity index (χ1) is 14.4. The van der Waals surface area contributed by atoms with E-state index in [0.29, 0.717) is 19.3 Å². The predicted octanol–water partition coefficient (Wildman–Crippen LogP) is 3.84. The minimum Gasteiger partial charge on any atom is -0.394 e. The molecule has 1 saturated carbocycles. The molecule has 1 aliphatic rings. The molecule has 1 aromatic rings. The van der Waals surface area contributed by atoms with E-state index in [1.807, 2.05) is 12.2 Å². The van der Waals surface area contributed by atoms with Gasteiger partial charge in [0.25, 0.3) is 0 Å². The van der Waals surface area contributed by atoms with Crippen LogP contribution in [0.3, 0.4) is 0 Å². The van der Waals surface area contributed by atoms with Gasteiger partial charge in [-0.15, -0.1) is 11.3 Å². The Morgan fingerprint density at radius 1 is 1.23 bits per heavy atom. The molecule has 0 amide bonds. The minimum absolute atomic E-state index is 0.0127. The number of ether oxygens (including phenoxy) is 1. The molecule has 4 N–H and O–H groups in total. The Hall–Kier alpha value is -0.540. The summed E-state index contributed by atoms with van der Waals surface area (Å²) in [6, 6.07) is 4.18. The fourth-order valence-corrected chi connectivity index (χ4v) is 5.45. The molecule has 6 unspecified atom stereocenters. The van der Waals surface area contributed by atoms with E-state index in [2.05, 4.69) is 40.2 Å². The number of thiophene rings is 1. The van der Waals surface area contributed by atoms with E-state index in [4.69, 9.17) is 9.84 Å². The Morgan fingerprint density at radius 2 is 2.03 bits per heavy atom. The number of unbranched alkanes of at least 4 members (excludes halogenated alkanes) is 1. The van der Waals surface area contributed by atoms with Crippen molar-refractivity contribution in [1.29, 1.82) is 0 Å². The summed E-state index contributed by atoms with van der Waals surface area (Å²) in [5.74, 6) is -0.101. The van der Waals surface area contributed by atoms with Crippen molar-refractivity contribution in [3.05, 3.63) is 45.1 Å². The van der Waals surface area contributed by atoms with Crippen LogP contribution in [0, 0.1) is 11.8 Å². The van der Waals surface area contributed by atoms with Crippen molar-refractivity contribution in [1.82, 2.24) is 0 Å². The summed E-state index contributed by atoms with van der Waals surface area (Å²) < 4.78 is 6.73. The lowest BCUT2D eigenvalue weighted by atomic mass is 9.89. The highest BCUT2D eigenvalue weighted by Crippen LogP contribution is 2.36. The summed E-state index contributed by atoms with van der Waals surface area (Å²) in [5.41, 5.74) is 0. The molecule has 1 aliphatic carbocycles. The SMILES string of the molecule is COC(/C=C/C1C(O)CC(O)C1C/C=C/CCCC(O)CO)CCc1ccc(Br)s1. The van der Waals surface area contributed by atoms with Crippen LogP contribution in [0.25, 0.3) is 0 Å². The molecule has 7 heteroatoms. The smallest absolute Gasteiger partial charge is 0.0771 e. The molecule has 1 fully saturated rings. The summed E-state index contributed by atoms with van der Waals surface area (Å²) in [6.45, 7) is -0.197. The van der Waals surface area contributed by atoms with Gasteiger partial charge in [0, 0.05) is 24.3 Å². The van der Waals surface area contributed by atoms with Crippen molar-refractivity contribution < 1.29 is 25.2 Å². The molecular weight excluding hydrogens is 468 g/mol. The molecular formula is C23H35BrO5S. The van der Waals surface area contributed by atoms with Crippen LogP contribution in [0.4, 0.5) is 0 Å². The van der Waals surface area contributed by atoms with Gasteiger partial charge in [-0.1, -0.05) is 24.3 Å². The zero-order chi connectivity index (χ0) is 21.9. The monoisotopic (exact) mass is 502 g/mol. The van der Waals surface area contributed by atoms with Gasteiger partial charge in [0.15, 0.2) is 0 Å². The number of aliphatic hydroxyl groups is 4. The number of allylic oxidation sites excluding steroid dienone is 2. The maximum atomic E-state index is 10.4. The Labute approximate surface area is 192 Å². The zero-order valence-electron chi connectivity index (χ0n) is 17.6. The van der Waals surface area contributed by atoms with Crippen LogP contribution in [0.15, 0.2) is 40.2 Å². The van der Waals surface area contributed by atoms with Crippen LogP contribution in [0.1, 0.15) is 43.4 Å². The lowest BCUT2D eigenvalue weighted by Gasteiger charge is -2.20. The Balaban J connectivity index is 1.84. The number of hydrogen-bond acceptors (Lipinski definition) is 6. The topological polar surface area (TPSA) is 90.2 Å². The second kappa shape index (κ2) is 13.8. The van der Waals surface area contributed by atoms with Gasteiger partial charge in [-0.25, -0.2) is 0 Å². The van der Waals surface area contributed by atoms with E-state index >= 15 is 0 Å². The van der Waals surface area contributed by atoms with Crippen molar-refractivity contribution in [3.63, 3.8) is 0 Å². The normalized spacial score (nSPS) is 26.7. The van der Waals surface area contributed by atoms with E-state index in [9.17, 15) is 15.3 Å². The molecule has 0 radical (unpaired) electrons. The molecule has 0 spiro atoms. The summed E-state index contributed by atoms with van der Waals surface area (Å²) in [5, 5.41) is 39.0. The number of halogens is 1. The molecule has 0 bridgehead atoms. The molecule has 1 aromatic heterocycles. The maximum absolute atomic E-state index is 10.4. The first-order valence-electron chi connectivity index (χ1n) is 10.7. The van der Waals surface area contributed by atoms with Gasteiger partial charge in [0.2, 0.25) is 0 Å². The third-order valence-corrected chi connectivity index (χ3v) is 7.45. The van der Waals surface area contributed by atoms with Crippen LogP contribution in [-0.2, 0) is 11.2 Å². The van der Waals surface area contributed by atoms with Crippen LogP contribution in [0.2, 0.25) is 0 Å². The summed E-state index contributed by atoms with van der Waals surface area (Å²) >= 11 is 5.22. The quantitative estimate of drug-likeness (QED) is 0.243. The van der Waals surface area contributed by atoms with Gasteiger partial charge >= 0.3 is 0 Å². The number of rotatable bonds is 13. The largest absolute Gasteiger partial charge is 0.394 e. The third-order valence-electron chi connectivity index (χ3n) is 5.76. The van der Waals surface area contributed by atoms with Crippen molar-refractivity contribution in [2.24, 2.45) is 11.8 Å². The molecule has 2 rings (SSSR count). The van der Waals surface area contributed by atoms with Crippen molar-refractivity contribution in [2.45, 2.75) is 69.4 Å².